The molecule has 0 saturated carbocycles. The van der Waals surface area contributed by atoms with Crippen LogP contribution in [0.2, 0.25) is 0 Å². The van der Waals surface area contributed by atoms with Gasteiger partial charge in [-0.3, -0.25) is 4.79 Å². The van der Waals surface area contributed by atoms with Gasteiger partial charge in [0, 0.05) is 17.3 Å². The zero-order chi connectivity index (χ0) is 14.2. The van der Waals surface area contributed by atoms with Crippen molar-refractivity contribution in [3.8, 4) is 0 Å². The maximum absolute atomic E-state index is 12.3. The molecule has 0 fully saturated rings. The maximum Gasteiger partial charge on any atom is 0.223 e. The largest absolute Gasteiger partial charge is 0.353 e. The van der Waals surface area contributed by atoms with Crippen LogP contribution in [0.3, 0.4) is 0 Å². The van der Waals surface area contributed by atoms with Crippen LogP contribution in [0.5, 0.6) is 0 Å². The second-order valence-electron chi connectivity index (χ2n) is 6.18. The van der Waals surface area contributed by atoms with Gasteiger partial charge in [0.2, 0.25) is 5.91 Å². The molecular formula is C15H30BrNO. The van der Waals surface area contributed by atoms with Gasteiger partial charge < -0.3 is 5.32 Å². The van der Waals surface area contributed by atoms with Crippen molar-refractivity contribution in [1.82, 2.24) is 5.32 Å². The van der Waals surface area contributed by atoms with Crippen molar-refractivity contribution < 1.29 is 4.79 Å². The first kappa shape index (κ1) is 17.9. The van der Waals surface area contributed by atoms with Crippen LogP contribution >= 0.6 is 15.9 Å². The van der Waals surface area contributed by atoms with Crippen molar-refractivity contribution in [2.75, 3.05) is 5.33 Å². The van der Waals surface area contributed by atoms with Crippen LogP contribution in [0.15, 0.2) is 0 Å². The highest BCUT2D eigenvalue weighted by Crippen LogP contribution is 2.24. The highest BCUT2D eigenvalue weighted by molar-refractivity contribution is 9.09. The van der Waals surface area contributed by atoms with Crippen LogP contribution in [0.1, 0.15) is 66.7 Å². The first-order chi connectivity index (χ1) is 8.36. The first-order valence-electron chi connectivity index (χ1n) is 7.23. The predicted octanol–water partition coefficient (Wildman–Crippen LogP) is 4.52. The van der Waals surface area contributed by atoms with Crippen molar-refractivity contribution in [3.63, 3.8) is 0 Å². The molecule has 0 rings (SSSR count). The predicted molar refractivity (Wildman–Crippen MR) is 83.1 cm³/mol. The van der Waals surface area contributed by atoms with Crippen molar-refractivity contribution in [2.45, 2.75) is 72.8 Å². The maximum atomic E-state index is 12.3. The van der Waals surface area contributed by atoms with Gasteiger partial charge in [-0.05, 0) is 24.7 Å². The molecule has 1 N–H and O–H groups in total. The molecule has 1 unspecified atom stereocenters. The third kappa shape index (κ3) is 6.77. The van der Waals surface area contributed by atoms with Gasteiger partial charge in [0.05, 0.1) is 0 Å². The van der Waals surface area contributed by atoms with Gasteiger partial charge in [-0.25, -0.2) is 0 Å². The molecule has 0 aromatic heterocycles. The summed E-state index contributed by atoms with van der Waals surface area (Å²) in [6.07, 6.45) is 5.16. The normalized spacial score (nSPS) is 13.7. The Morgan fingerprint density at radius 3 is 1.94 bits per heavy atom. The molecule has 2 nitrogen and oxygen atoms in total. The molecule has 0 heterocycles. The van der Waals surface area contributed by atoms with E-state index in [9.17, 15) is 4.79 Å². The summed E-state index contributed by atoms with van der Waals surface area (Å²) in [5.41, 5.74) is 0.117. The van der Waals surface area contributed by atoms with E-state index < -0.39 is 0 Å². The van der Waals surface area contributed by atoms with Crippen molar-refractivity contribution in [1.29, 1.82) is 0 Å². The first-order valence-corrected chi connectivity index (χ1v) is 8.35. The Labute approximate surface area is 121 Å². The van der Waals surface area contributed by atoms with E-state index in [1.165, 1.54) is 0 Å². The summed E-state index contributed by atoms with van der Waals surface area (Å²) in [6, 6.07) is 0.251. The third-order valence-corrected chi connectivity index (χ3v) is 3.86. The number of hydrogen-bond donors (Lipinski definition) is 1. The Morgan fingerprint density at radius 2 is 1.61 bits per heavy atom. The molecule has 0 aliphatic heterocycles. The number of rotatable bonds is 8. The quantitative estimate of drug-likeness (QED) is 0.655. The van der Waals surface area contributed by atoms with Gasteiger partial charge in [-0.2, -0.15) is 0 Å². The molecule has 18 heavy (non-hydrogen) atoms. The van der Waals surface area contributed by atoms with Gasteiger partial charge >= 0.3 is 0 Å². The molecule has 0 spiro atoms. The van der Waals surface area contributed by atoms with Crippen LogP contribution in [-0.2, 0) is 4.79 Å². The second kappa shape index (κ2) is 8.95. The molecule has 0 bridgehead atoms. The minimum absolute atomic E-state index is 0.117. The van der Waals surface area contributed by atoms with E-state index in [2.05, 4.69) is 55.9 Å². The van der Waals surface area contributed by atoms with Gasteiger partial charge in [0.15, 0.2) is 0 Å². The molecule has 1 amide bonds. The Kier molecular flexibility index (Phi) is 8.93. The minimum Gasteiger partial charge on any atom is -0.353 e. The Hall–Kier alpha value is -0.0500. The third-order valence-electron chi connectivity index (χ3n) is 3.40. The summed E-state index contributed by atoms with van der Waals surface area (Å²) in [5.74, 6) is 0.444. The van der Waals surface area contributed by atoms with Crippen molar-refractivity contribution >= 4 is 21.8 Å². The molecule has 0 radical (unpaired) electrons. The number of amides is 1. The van der Waals surface area contributed by atoms with E-state index in [0.717, 1.165) is 37.4 Å². The number of carbonyl (C=O) groups excluding carboxylic acids is 1. The zero-order valence-corrected chi connectivity index (χ0v) is 14.3. The summed E-state index contributed by atoms with van der Waals surface area (Å²) >= 11 is 3.48. The molecular weight excluding hydrogens is 290 g/mol. The number of halogens is 1. The van der Waals surface area contributed by atoms with Gasteiger partial charge in [0.1, 0.15) is 0 Å². The van der Waals surface area contributed by atoms with Crippen LogP contribution < -0.4 is 5.32 Å². The van der Waals surface area contributed by atoms with Crippen molar-refractivity contribution in [2.24, 2.45) is 11.3 Å². The Balaban J connectivity index is 4.54. The minimum atomic E-state index is 0.117. The lowest BCUT2D eigenvalue weighted by atomic mass is 9.84. The molecule has 0 saturated heterocycles. The summed E-state index contributed by atoms with van der Waals surface area (Å²) in [4.78, 5) is 12.3. The number of alkyl halides is 1. The molecule has 0 aliphatic carbocycles. The molecule has 108 valence electrons. The molecule has 0 aliphatic rings. The lowest BCUT2D eigenvalue weighted by Crippen LogP contribution is -2.46. The van der Waals surface area contributed by atoms with Crippen LogP contribution in [0.25, 0.3) is 0 Å². The van der Waals surface area contributed by atoms with E-state index in [1.54, 1.807) is 0 Å². The number of carbonyl (C=O) groups is 1. The van der Waals surface area contributed by atoms with E-state index >= 15 is 0 Å². The SMILES string of the molecule is CCCC(CCC)C(=O)NC(CCBr)C(C)(C)C. The molecule has 1 atom stereocenters. The average Bonchev–Trinajstić information content (AvgIpc) is 2.26. The Bertz CT molecular complexity index is 229. The average molecular weight is 320 g/mol. The lowest BCUT2D eigenvalue weighted by Gasteiger charge is -2.32. The van der Waals surface area contributed by atoms with E-state index in [0.29, 0.717) is 0 Å². The van der Waals surface area contributed by atoms with Crippen LogP contribution in [0.4, 0.5) is 0 Å². The Morgan fingerprint density at radius 1 is 1.11 bits per heavy atom. The summed E-state index contributed by atoms with van der Waals surface area (Å²) in [6.45, 7) is 10.9. The van der Waals surface area contributed by atoms with Gasteiger partial charge in [-0.15, -0.1) is 0 Å². The summed E-state index contributed by atoms with van der Waals surface area (Å²) in [5, 5.41) is 4.19. The van der Waals surface area contributed by atoms with Crippen LogP contribution in [0, 0.1) is 11.3 Å². The number of hydrogen-bond acceptors (Lipinski definition) is 1. The van der Waals surface area contributed by atoms with E-state index in [1.807, 2.05) is 0 Å². The monoisotopic (exact) mass is 319 g/mol. The zero-order valence-electron chi connectivity index (χ0n) is 12.7. The molecule has 3 heteroatoms. The van der Waals surface area contributed by atoms with Gasteiger partial charge in [0.25, 0.3) is 0 Å². The highest BCUT2D eigenvalue weighted by Gasteiger charge is 2.27. The van der Waals surface area contributed by atoms with E-state index in [-0.39, 0.29) is 23.3 Å². The smallest absolute Gasteiger partial charge is 0.223 e. The molecule has 0 aromatic carbocycles. The fourth-order valence-electron chi connectivity index (χ4n) is 2.22. The fraction of sp³-hybridized carbons (Fsp3) is 0.933. The second-order valence-corrected chi connectivity index (χ2v) is 6.97. The number of nitrogens with one attached hydrogen (secondary N) is 1. The standard InChI is InChI=1S/C15H30BrNO/c1-6-8-12(9-7-2)14(18)17-13(10-11-16)15(3,4)5/h12-13H,6-11H2,1-5H3,(H,17,18). The summed E-state index contributed by atoms with van der Waals surface area (Å²) in [7, 11) is 0. The topological polar surface area (TPSA) is 29.1 Å². The van der Waals surface area contributed by atoms with Crippen LogP contribution in [-0.4, -0.2) is 17.3 Å². The summed E-state index contributed by atoms with van der Waals surface area (Å²) < 4.78 is 0. The highest BCUT2D eigenvalue weighted by atomic mass is 79.9. The van der Waals surface area contributed by atoms with Crippen molar-refractivity contribution in [3.05, 3.63) is 0 Å². The molecule has 0 aromatic rings. The lowest BCUT2D eigenvalue weighted by molar-refractivity contribution is -0.127. The fourth-order valence-corrected chi connectivity index (χ4v) is 2.68. The van der Waals surface area contributed by atoms with E-state index in [4.69, 9.17) is 0 Å². The van der Waals surface area contributed by atoms with Gasteiger partial charge in [-0.1, -0.05) is 63.4 Å².